The molecule has 0 bridgehead atoms. The maximum absolute atomic E-state index is 12.3. The van der Waals surface area contributed by atoms with Crippen molar-refractivity contribution in [1.29, 1.82) is 0 Å². The molecule has 24 heavy (non-hydrogen) atoms. The summed E-state index contributed by atoms with van der Waals surface area (Å²) in [4.78, 5) is 18.1. The van der Waals surface area contributed by atoms with Crippen molar-refractivity contribution in [1.82, 2.24) is 9.88 Å². The molecule has 1 amide bonds. The molecule has 0 unspecified atom stereocenters. The Kier molecular flexibility index (Phi) is 5.49. The lowest BCUT2D eigenvalue weighted by Crippen LogP contribution is -2.41. The smallest absolute Gasteiger partial charge is 0.246 e. The van der Waals surface area contributed by atoms with Crippen molar-refractivity contribution in [3.05, 3.63) is 65.5 Å². The van der Waals surface area contributed by atoms with Gasteiger partial charge in [-0.15, -0.1) is 0 Å². The van der Waals surface area contributed by atoms with Crippen LogP contribution >= 0.6 is 11.6 Å². The van der Waals surface area contributed by atoms with Gasteiger partial charge in [0.15, 0.2) is 0 Å². The zero-order valence-electron chi connectivity index (χ0n) is 13.3. The van der Waals surface area contributed by atoms with Gasteiger partial charge in [-0.2, -0.15) is 0 Å². The van der Waals surface area contributed by atoms with Crippen molar-refractivity contribution >= 4 is 23.6 Å². The van der Waals surface area contributed by atoms with E-state index in [9.17, 15) is 4.79 Å². The number of amides is 1. The zero-order chi connectivity index (χ0) is 16.8. The van der Waals surface area contributed by atoms with Crippen molar-refractivity contribution in [2.45, 2.75) is 18.9 Å². The summed E-state index contributed by atoms with van der Waals surface area (Å²) < 4.78 is 5.92. The molecule has 3 rings (SSSR count). The second-order valence-electron chi connectivity index (χ2n) is 5.69. The minimum absolute atomic E-state index is 0.0410. The minimum atomic E-state index is 0.0410. The third-order valence-electron chi connectivity index (χ3n) is 4.00. The van der Waals surface area contributed by atoms with Crippen molar-refractivity contribution < 1.29 is 9.53 Å². The van der Waals surface area contributed by atoms with Crippen molar-refractivity contribution in [2.75, 3.05) is 13.1 Å². The monoisotopic (exact) mass is 342 g/mol. The number of benzene rings is 1. The summed E-state index contributed by atoms with van der Waals surface area (Å²) in [5.41, 5.74) is 1.02. The first kappa shape index (κ1) is 16.5. The quantitative estimate of drug-likeness (QED) is 0.793. The molecular formula is C19H19ClN2O2. The topological polar surface area (TPSA) is 42.4 Å². The lowest BCUT2D eigenvalue weighted by molar-refractivity contribution is -0.127. The summed E-state index contributed by atoms with van der Waals surface area (Å²) in [6.07, 6.45) is 8.38. The van der Waals surface area contributed by atoms with Gasteiger partial charge in [0, 0.05) is 50.5 Å². The average Bonchev–Trinajstić information content (AvgIpc) is 2.63. The van der Waals surface area contributed by atoms with E-state index < -0.39 is 0 Å². The molecule has 0 spiro atoms. The number of pyridine rings is 1. The second-order valence-corrected chi connectivity index (χ2v) is 6.10. The lowest BCUT2D eigenvalue weighted by Gasteiger charge is -2.31. The molecule has 0 saturated carbocycles. The van der Waals surface area contributed by atoms with Crippen molar-refractivity contribution in [3.8, 4) is 5.75 Å². The summed E-state index contributed by atoms with van der Waals surface area (Å²) in [6, 6.07) is 11.6. The summed E-state index contributed by atoms with van der Waals surface area (Å²) in [7, 11) is 0. The van der Waals surface area contributed by atoms with E-state index in [-0.39, 0.29) is 12.0 Å². The van der Waals surface area contributed by atoms with E-state index in [1.165, 1.54) is 0 Å². The highest BCUT2D eigenvalue weighted by molar-refractivity contribution is 6.31. The van der Waals surface area contributed by atoms with Crippen molar-refractivity contribution in [3.63, 3.8) is 0 Å². The number of halogens is 1. The fourth-order valence-electron chi connectivity index (χ4n) is 2.67. The Hall–Kier alpha value is -2.33. The van der Waals surface area contributed by atoms with E-state index in [2.05, 4.69) is 4.98 Å². The molecule has 5 heteroatoms. The highest BCUT2D eigenvalue weighted by atomic mass is 35.5. The Balaban J connectivity index is 1.50. The number of rotatable bonds is 4. The lowest BCUT2D eigenvalue weighted by atomic mass is 10.1. The van der Waals surface area contributed by atoms with Crippen LogP contribution in [0, 0.1) is 0 Å². The van der Waals surface area contributed by atoms with Gasteiger partial charge in [0.1, 0.15) is 16.9 Å². The van der Waals surface area contributed by atoms with Gasteiger partial charge in [-0.25, -0.2) is 0 Å². The van der Waals surface area contributed by atoms with E-state index in [1.54, 1.807) is 24.5 Å². The first-order valence-electron chi connectivity index (χ1n) is 8.00. The van der Waals surface area contributed by atoms with Crippen LogP contribution in [0.25, 0.3) is 6.08 Å². The van der Waals surface area contributed by atoms with E-state index >= 15 is 0 Å². The minimum Gasteiger partial charge on any atom is -0.489 e. The first-order chi connectivity index (χ1) is 11.7. The fourth-order valence-corrected chi connectivity index (χ4v) is 2.83. The fraction of sp³-hybridized carbons (Fsp3) is 0.263. The number of hydrogen-bond acceptors (Lipinski definition) is 3. The van der Waals surface area contributed by atoms with E-state index in [0.29, 0.717) is 23.9 Å². The van der Waals surface area contributed by atoms with Crippen LogP contribution < -0.4 is 4.74 Å². The average molecular weight is 343 g/mol. The Morgan fingerprint density at radius 3 is 2.67 bits per heavy atom. The van der Waals surface area contributed by atoms with Crippen LogP contribution in [-0.2, 0) is 4.79 Å². The van der Waals surface area contributed by atoms with Crippen LogP contribution in [-0.4, -0.2) is 35.0 Å². The second kappa shape index (κ2) is 7.97. The molecule has 0 aliphatic carbocycles. The third kappa shape index (κ3) is 4.36. The van der Waals surface area contributed by atoms with Gasteiger partial charge in [-0.05, 0) is 11.6 Å². The molecule has 124 valence electrons. The molecular weight excluding hydrogens is 324 g/mol. The van der Waals surface area contributed by atoms with Crippen molar-refractivity contribution in [2.24, 2.45) is 0 Å². The van der Waals surface area contributed by atoms with Crippen LogP contribution in [0.5, 0.6) is 5.75 Å². The van der Waals surface area contributed by atoms with Crippen LogP contribution in [0.2, 0.25) is 5.02 Å². The number of carbonyl (C=O) groups excluding carboxylic acids is 1. The molecule has 1 aromatic carbocycles. The zero-order valence-corrected chi connectivity index (χ0v) is 14.0. The molecule has 4 nitrogen and oxygen atoms in total. The number of nitrogens with zero attached hydrogens (tertiary/aromatic N) is 2. The number of likely N-dealkylation sites (tertiary alicyclic amines) is 1. The molecule has 1 aliphatic rings. The summed E-state index contributed by atoms with van der Waals surface area (Å²) in [5, 5.41) is 0.516. The normalized spacial score (nSPS) is 15.6. The predicted octanol–water partition coefficient (Wildman–Crippen LogP) is 3.82. The van der Waals surface area contributed by atoms with Gasteiger partial charge in [-0.1, -0.05) is 41.9 Å². The molecule has 1 fully saturated rings. The number of hydrogen-bond donors (Lipinski definition) is 0. The predicted molar refractivity (Wildman–Crippen MR) is 95.0 cm³/mol. The van der Waals surface area contributed by atoms with Crippen LogP contribution in [0.15, 0.2) is 54.9 Å². The van der Waals surface area contributed by atoms with Gasteiger partial charge >= 0.3 is 0 Å². The Morgan fingerprint density at radius 1 is 1.21 bits per heavy atom. The molecule has 1 aliphatic heterocycles. The first-order valence-corrected chi connectivity index (χ1v) is 8.38. The maximum Gasteiger partial charge on any atom is 0.246 e. The van der Waals surface area contributed by atoms with Gasteiger partial charge in [-0.3, -0.25) is 9.78 Å². The van der Waals surface area contributed by atoms with Gasteiger partial charge in [0.05, 0.1) is 0 Å². The number of ether oxygens (including phenoxy) is 1. The summed E-state index contributed by atoms with van der Waals surface area (Å²) in [6.45, 7) is 1.37. The van der Waals surface area contributed by atoms with E-state index in [4.69, 9.17) is 16.3 Å². The molecule has 2 heterocycles. The molecule has 0 atom stereocenters. The molecule has 1 aromatic heterocycles. The van der Waals surface area contributed by atoms with Gasteiger partial charge in [0.2, 0.25) is 5.91 Å². The van der Waals surface area contributed by atoms with Gasteiger partial charge in [0.25, 0.3) is 0 Å². The molecule has 0 radical (unpaired) electrons. The number of piperidine rings is 1. The summed E-state index contributed by atoms with van der Waals surface area (Å²) in [5.74, 6) is 0.694. The Bertz CT molecular complexity index is 710. The standard InChI is InChI=1S/C19H19ClN2O2/c20-17-14-21-11-8-18(17)24-16-9-12-22(13-10-16)19(23)7-6-15-4-2-1-3-5-15/h1-8,11,14,16H,9-10,12-13H2. The largest absolute Gasteiger partial charge is 0.489 e. The van der Waals surface area contributed by atoms with Gasteiger partial charge < -0.3 is 9.64 Å². The Morgan fingerprint density at radius 2 is 1.96 bits per heavy atom. The van der Waals surface area contributed by atoms with Crippen LogP contribution in [0.1, 0.15) is 18.4 Å². The summed E-state index contributed by atoms with van der Waals surface area (Å²) >= 11 is 6.06. The van der Waals surface area contributed by atoms with E-state index in [0.717, 1.165) is 18.4 Å². The van der Waals surface area contributed by atoms with Crippen LogP contribution in [0.3, 0.4) is 0 Å². The highest BCUT2D eigenvalue weighted by Gasteiger charge is 2.23. The maximum atomic E-state index is 12.3. The molecule has 2 aromatic rings. The number of carbonyl (C=O) groups is 1. The third-order valence-corrected chi connectivity index (χ3v) is 4.28. The SMILES string of the molecule is O=C(C=Cc1ccccc1)N1CCC(Oc2ccncc2Cl)CC1. The van der Waals surface area contributed by atoms with Crippen LogP contribution in [0.4, 0.5) is 0 Å². The molecule has 0 N–H and O–H groups in total. The number of aromatic nitrogens is 1. The Labute approximate surface area is 146 Å². The van der Waals surface area contributed by atoms with E-state index in [1.807, 2.05) is 41.3 Å². The molecule has 1 saturated heterocycles. The highest BCUT2D eigenvalue weighted by Crippen LogP contribution is 2.26.